The van der Waals surface area contributed by atoms with Crippen LogP contribution in [-0.4, -0.2) is 5.11 Å². The van der Waals surface area contributed by atoms with Gasteiger partial charge in [0.1, 0.15) is 11.6 Å². The van der Waals surface area contributed by atoms with E-state index in [1.54, 1.807) is 12.1 Å². The Labute approximate surface area is 120 Å². The fourth-order valence-corrected chi connectivity index (χ4v) is 2.52. The van der Waals surface area contributed by atoms with E-state index < -0.39 is 0 Å². The molecule has 3 heteroatoms. The summed E-state index contributed by atoms with van der Waals surface area (Å²) in [5.41, 5.74) is 2.87. The van der Waals surface area contributed by atoms with Crippen molar-refractivity contribution >= 4 is 22.6 Å². The fraction of sp³-hybridized carbons (Fsp3) is 0.200. The largest absolute Gasteiger partial charge is 0.507 e. The maximum Gasteiger partial charge on any atom is 0.132 e. The molecule has 2 aromatic carbocycles. The molecule has 94 valence electrons. The molecule has 0 atom stereocenters. The molecule has 2 aromatic rings. The standard InChI is InChI=1S/C15H14FIO/c1-9(2)13-7-11(8-14(17)15(13)18)10-3-5-12(16)6-4-10/h3-9,18H,1-2H3. The quantitative estimate of drug-likeness (QED) is 0.757. The number of halogens is 2. The van der Waals surface area contributed by atoms with Crippen LogP contribution in [0.5, 0.6) is 5.75 Å². The molecule has 2 rings (SSSR count). The van der Waals surface area contributed by atoms with E-state index in [0.717, 1.165) is 20.3 Å². The van der Waals surface area contributed by atoms with Gasteiger partial charge < -0.3 is 5.11 Å². The summed E-state index contributed by atoms with van der Waals surface area (Å²) >= 11 is 2.12. The van der Waals surface area contributed by atoms with Gasteiger partial charge in [0.2, 0.25) is 0 Å². The second-order valence-electron chi connectivity index (χ2n) is 4.56. The smallest absolute Gasteiger partial charge is 0.132 e. The molecule has 0 aliphatic heterocycles. The van der Waals surface area contributed by atoms with E-state index in [-0.39, 0.29) is 11.7 Å². The second kappa shape index (κ2) is 5.26. The summed E-state index contributed by atoms with van der Waals surface area (Å²) < 4.78 is 13.7. The Morgan fingerprint density at radius 3 is 2.22 bits per heavy atom. The van der Waals surface area contributed by atoms with Crippen LogP contribution in [0.1, 0.15) is 25.3 Å². The number of hydrogen-bond donors (Lipinski definition) is 1. The molecule has 0 radical (unpaired) electrons. The van der Waals surface area contributed by atoms with Crippen molar-refractivity contribution < 1.29 is 9.50 Å². The number of phenols is 1. The first-order chi connectivity index (χ1) is 8.49. The van der Waals surface area contributed by atoms with Crippen molar-refractivity contribution in [2.24, 2.45) is 0 Å². The molecule has 0 amide bonds. The number of phenolic OH excluding ortho intramolecular Hbond substituents is 1. The molecule has 0 saturated heterocycles. The van der Waals surface area contributed by atoms with Crippen LogP contribution in [0.25, 0.3) is 11.1 Å². The first-order valence-corrected chi connectivity index (χ1v) is 6.85. The third-order valence-corrected chi connectivity index (χ3v) is 3.71. The lowest BCUT2D eigenvalue weighted by molar-refractivity contribution is 0.461. The van der Waals surface area contributed by atoms with E-state index in [0.29, 0.717) is 5.75 Å². The predicted octanol–water partition coefficient (Wildman–Crippen LogP) is 4.93. The highest BCUT2D eigenvalue weighted by Gasteiger charge is 2.12. The molecular formula is C15H14FIO. The van der Waals surface area contributed by atoms with Gasteiger partial charge >= 0.3 is 0 Å². The molecule has 0 aromatic heterocycles. The molecule has 0 fully saturated rings. The van der Waals surface area contributed by atoms with E-state index in [4.69, 9.17) is 0 Å². The molecule has 0 bridgehead atoms. The first kappa shape index (κ1) is 13.3. The summed E-state index contributed by atoms with van der Waals surface area (Å²) in [5, 5.41) is 10.0. The van der Waals surface area contributed by atoms with Gasteiger partial charge in [-0.15, -0.1) is 0 Å². The minimum atomic E-state index is -0.240. The van der Waals surface area contributed by atoms with Gasteiger partial charge in [-0.2, -0.15) is 0 Å². The molecule has 0 heterocycles. The molecule has 0 unspecified atom stereocenters. The van der Waals surface area contributed by atoms with Crippen LogP contribution in [0.15, 0.2) is 36.4 Å². The van der Waals surface area contributed by atoms with E-state index in [1.807, 2.05) is 26.0 Å². The average Bonchev–Trinajstić information content (AvgIpc) is 2.33. The zero-order chi connectivity index (χ0) is 13.3. The first-order valence-electron chi connectivity index (χ1n) is 5.77. The van der Waals surface area contributed by atoms with E-state index >= 15 is 0 Å². The number of benzene rings is 2. The number of hydrogen-bond acceptors (Lipinski definition) is 1. The van der Waals surface area contributed by atoms with Gasteiger partial charge in [-0.25, -0.2) is 4.39 Å². The van der Waals surface area contributed by atoms with Crippen LogP contribution >= 0.6 is 22.6 Å². The summed E-state index contributed by atoms with van der Waals surface area (Å²) in [4.78, 5) is 0. The van der Waals surface area contributed by atoms with E-state index in [2.05, 4.69) is 22.6 Å². The minimum absolute atomic E-state index is 0.240. The Kier molecular flexibility index (Phi) is 3.90. The predicted molar refractivity (Wildman–Crippen MR) is 80.3 cm³/mol. The topological polar surface area (TPSA) is 20.2 Å². The summed E-state index contributed by atoms with van der Waals surface area (Å²) in [6.07, 6.45) is 0. The molecule has 18 heavy (non-hydrogen) atoms. The number of aromatic hydroxyl groups is 1. The van der Waals surface area contributed by atoms with Crippen molar-refractivity contribution in [3.8, 4) is 16.9 Å². The van der Waals surface area contributed by atoms with Crippen molar-refractivity contribution in [1.29, 1.82) is 0 Å². The summed E-state index contributed by atoms with van der Waals surface area (Å²) in [5.74, 6) is 0.353. The molecule has 0 aliphatic rings. The minimum Gasteiger partial charge on any atom is -0.507 e. The summed E-state index contributed by atoms with van der Waals surface area (Å²) in [6, 6.07) is 10.3. The monoisotopic (exact) mass is 356 g/mol. The van der Waals surface area contributed by atoms with Gasteiger partial charge in [0.05, 0.1) is 3.57 Å². The average molecular weight is 356 g/mol. The Balaban J connectivity index is 2.55. The number of rotatable bonds is 2. The summed E-state index contributed by atoms with van der Waals surface area (Å²) in [7, 11) is 0. The van der Waals surface area contributed by atoms with Gasteiger partial charge in [0.15, 0.2) is 0 Å². The van der Waals surface area contributed by atoms with Crippen LogP contribution in [0.2, 0.25) is 0 Å². The van der Waals surface area contributed by atoms with Gasteiger partial charge in [-0.1, -0.05) is 26.0 Å². The van der Waals surface area contributed by atoms with Crippen LogP contribution in [-0.2, 0) is 0 Å². The lowest BCUT2D eigenvalue weighted by Gasteiger charge is -2.13. The van der Waals surface area contributed by atoms with Crippen molar-refractivity contribution in [3.63, 3.8) is 0 Å². The van der Waals surface area contributed by atoms with E-state index in [9.17, 15) is 9.50 Å². The van der Waals surface area contributed by atoms with Crippen LogP contribution in [0.3, 0.4) is 0 Å². The van der Waals surface area contributed by atoms with E-state index in [1.165, 1.54) is 12.1 Å². The Hall–Kier alpha value is -1.10. The Bertz CT molecular complexity index is 561. The highest BCUT2D eigenvalue weighted by Crippen LogP contribution is 2.35. The zero-order valence-electron chi connectivity index (χ0n) is 10.2. The highest BCUT2D eigenvalue weighted by atomic mass is 127. The maximum atomic E-state index is 12.9. The van der Waals surface area contributed by atoms with Crippen LogP contribution < -0.4 is 0 Å². The van der Waals surface area contributed by atoms with Crippen LogP contribution in [0, 0.1) is 9.39 Å². The molecule has 0 saturated carbocycles. The van der Waals surface area contributed by atoms with Crippen molar-refractivity contribution in [3.05, 3.63) is 51.3 Å². The highest BCUT2D eigenvalue weighted by molar-refractivity contribution is 14.1. The van der Waals surface area contributed by atoms with Gasteiger partial charge in [0.25, 0.3) is 0 Å². The Morgan fingerprint density at radius 2 is 1.67 bits per heavy atom. The molecule has 1 nitrogen and oxygen atoms in total. The van der Waals surface area contributed by atoms with Crippen molar-refractivity contribution in [2.75, 3.05) is 0 Å². The third kappa shape index (κ3) is 2.66. The van der Waals surface area contributed by atoms with Crippen molar-refractivity contribution in [2.45, 2.75) is 19.8 Å². The Morgan fingerprint density at radius 1 is 1.06 bits per heavy atom. The second-order valence-corrected chi connectivity index (χ2v) is 5.72. The SMILES string of the molecule is CC(C)c1cc(-c2ccc(F)cc2)cc(I)c1O. The molecule has 0 spiro atoms. The lowest BCUT2D eigenvalue weighted by Crippen LogP contribution is -1.92. The van der Waals surface area contributed by atoms with Gasteiger partial charge in [-0.3, -0.25) is 0 Å². The lowest BCUT2D eigenvalue weighted by atomic mass is 9.96. The van der Waals surface area contributed by atoms with Gasteiger partial charge in [-0.05, 0) is 69.5 Å². The molecule has 1 N–H and O–H groups in total. The normalized spacial score (nSPS) is 10.9. The van der Waals surface area contributed by atoms with Gasteiger partial charge in [0, 0.05) is 0 Å². The summed E-state index contributed by atoms with van der Waals surface area (Å²) in [6.45, 7) is 4.08. The fourth-order valence-electron chi connectivity index (χ4n) is 1.87. The third-order valence-electron chi connectivity index (χ3n) is 2.89. The van der Waals surface area contributed by atoms with Crippen molar-refractivity contribution in [1.82, 2.24) is 0 Å². The maximum absolute atomic E-state index is 12.9. The molecule has 0 aliphatic carbocycles. The zero-order valence-corrected chi connectivity index (χ0v) is 12.4. The molecular weight excluding hydrogens is 342 g/mol. The van der Waals surface area contributed by atoms with Crippen LogP contribution in [0.4, 0.5) is 4.39 Å².